The zero-order chi connectivity index (χ0) is 17.4. The lowest BCUT2D eigenvalue weighted by molar-refractivity contribution is 0.250. The van der Waals surface area contributed by atoms with Crippen LogP contribution in [0.5, 0.6) is 0 Å². The molecular formula is C20H31N3O. The van der Waals surface area contributed by atoms with Gasteiger partial charge in [0, 0.05) is 28.8 Å². The van der Waals surface area contributed by atoms with Gasteiger partial charge in [-0.05, 0) is 37.1 Å². The van der Waals surface area contributed by atoms with Crippen LogP contribution >= 0.6 is 0 Å². The van der Waals surface area contributed by atoms with Gasteiger partial charge in [0.05, 0.1) is 0 Å². The van der Waals surface area contributed by atoms with E-state index in [1.807, 2.05) is 24.4 Å². The SMILES string of the molecule is CCCCCCCC(CCC)N(C(N)=O)c1ccc2[nH]ccc2c1. The first-order chi connectivity index (χ1) is 11.7. The fourth-order valence-electron chi connectivity index (χ4n) is 3.43. The number of carbonyl (C=O) groups excluding carboxylic acids is 1. The number of urea groups is 1. The summed E-state index contributed by atoms with van der Waals surface area (Å²) in [7, 11) is 0. The summed E-state index contributed by atoms with van der Waals surface area (Å²) >= 11 is 0. The smallest absolute Gasteiger partial charge is 0.319 e. The monoisotopic (exact) mass is 329 g/mol. The third-order valence-electron chi connectivity index (χ3n) is 4.68. The number of benzene rings is 1. The molecule has 1 unspecified atom stereocenters. The van der Waals surface area contributed by atoms with Gasteiger partial charge in [-0.2, -0.15) is 0 Å². The number of unbranched alkanes of at least 4 members (excludes halogenated alkanes) is 4. The summed E-state index contributed by atoms with van der Waals surface area (Å²) in [5, 5.41) is 1.11. The predicted octanol–water partition coefficient (Wildman–Crippen LogP) is 5.58. The van der Waals surface area contributed by atoms with Gasteiger partial charge in [0.2, 0.25) is 0 Å². The Kier molecular flexibility index (Phi) is 7.16. The minimum atomic E-state index is -0.350. The molecule has 0 aliphatic heterocycles. The Morgan fingerprint density at radius 2 is 1.88 bits per heavy atom. The van der Waals surface area contributed by atoms with Crippen LogP contribution in [-0.2, 0) is 0 Å². The van der Waals surface area contributed by atoms with Crippen molar-refractivity contribution in [2.75, 3.05) is 4.90 Å². The minimum absolute atomic E-state index is 0.186. The molecular weight excluding hydrogens is 298 g/mol. The summed E-state index contributed by atoms with van der Waals surface area (Å²) in [5.41, 5.74) is 7.73. The Morgan fingerprint density at radius 1 is 1.08 bits per heavy atom. The molecule has 0 aliphatic carbocycles. The third kappa shape index (κ3) is 4.76. The highest BCUT2D eigenvalue weighted by atomic mass is 16.2. The minimum Gasteiger partial charge on any atom is -0.361 e. The van der Waals surface area contributed by atoms with Crippen LogP contribution in [-0.4, -0.2) is 17.1 Å². The number of hydrogen-bond acceptors (Lipinski definition) is 1. The number of rotatable bonds is 10. The number of amides is 2. The molecule has 0 saturated carbocycles. The Hall–Kier alpha value is -1.97. The zero-order valence-electron chi connectivity index (χ0n) is 15.1. The normalized spacial score (nSPS) is 12.4. The van der Waals surface area contributed by atoms with Crippen molar-refractivity contribution in [1.29, 1.82) is 0 Å². The molecule has 3 N–H and O–H groups in total. The molecule has 24 heavy (non-hydrogen) atoms. The number of H-pyrrole nitrogens is 1. The maximum Gasteiger partial charge on any atom is 0.319 e. The first kappa shape index (κ1) is 18.4. The lowest BCUT2D eigenvalue weighted by Crippen LogP contribution is -2.44. The summed E-state index contributed by atoms with van der Waals surface area (Å²) in [4.78, 5) is 17.2. The van der Waals surface area contributed by atoms with Crippen molar-refractivity contribution >= 4 is 22.6 Å². The molecule has 2 rings (SSSR count). The average molecular weight is 329 g/mol. The topological polar surface area (TPSA) is 62.1 Å². The van der Waals surface area contributed by atoms with Gasteiger partial charge in [-0.25, -0.2) is 4.79 Å². The lowest BCUT2D eigenvalue weighted by Gasteiger charge is -2.30. The molecule has 1 heterocycles. The second-order valence-electron chi connectivity index (χ2n) is 6.60. The van der Waals surface area contributed by atoms with E-state index in [2.05, 4.69) is 24.9 Å². The van der Waals surface area contributed by atoms with Gasteiger partial charge in [-0.15, -0.1) is 0 Å². The van der Waals surface area contributed by atoms with Crippen LogP contribution in [0.1, 0.15) is 65.2 Å². The van der Waals surface area contributed by atoms with E-state index in [0.717, 1.165) is 42.3 Å². The molecule has 0 fully saturated rings. The number of nitrogens with one attached hydrogen (secondary N) is 1. The van der Waals surface area contributed by atoms with E-state index in [1.165, 1.54) is 25.7 Å². The summed E-state index contributed by atoms with van der Waals surface area (Å²) in [6, 6.07) is 7.92. The second-order valence-corrected chi connectivity index (χ2v) is 6.60. The number of aromatic nitrogens is 1. The summed E-state index contributed by atoms with van der Waals surface area (Å²) < 4.78 is 0. The van der Waals surface area contributed by atoms with Gasteiger partial charge >= 0.3 is 6.03 Å². The molecule has 4 heteroatoms. The number of aromatic amines is 1. The van der Waals surface area contributed by atoms with Crippen LogP contribution in [0, 0.1) is 0 Å². The quantitative estimate of drug-likeness (QED) is 0.549. The molecule has 2 aromatic rings. The highest BCUT2D eigenvalue weighted by Crippen LogP contribution is 2.26. The Labute approximate surface area is 145 Å². The van der Waals surface area contributed by atoms with Gasteiger partial charge < -0.3 is 10.7 Å². The Morgan fingerprint density at radius 3 is 2.58 bits per heavy atom. The molecule has 1 aromatic heterocycles. The number of nitrogens with zero attached hydrogens (tertiary/aromatic N) is 1. The highest BCUT2D eigenvalue weighted by Gasteiger charge is 2.22. The zero-order valence-corrected chi connectivity index (χ0v) is 15.1. The number of fused-ring (bicyclic) bond motifs is 1. The van der Waals surface area contributed by atoms with Gasteiger partial charge in [0.15, 0.2) is 0 Å². The van der Waals surface area contributed by atoms with E-state index in [-0.39, 0.29) is 12.1 Å². The number of nitrogens with two attached hydrogens (primary N) is 1. The Bertz CT molecular complexity index is 635. The van der Waals surface area contributed by atoms with Crippen LogP contribution in [0.15, 0.2) is 30.5 Å². The van der Waals surface area contributed by atoms with E-state index in [9.17, 15) is 4.79 Å². The molecule has 0 radical (unpaired) electrons. The molecule has 0 bridgehead atoms. The van der Waals surface area contributed by atoms with Crippen LogP contribution in [0.3, 0.4) is 0 Å². The van der Waals surface area contributed by atoms with E-state index in [0.29, 0.717) is 0 Å². The number of primary amides is 1. The van der Waals surface area contributed by atoms with Crippen LogP contribution < -0.4 is 10.6 Å². The first-order valence-electron chi connectivity index (χ1n) is 9.33. The van der Waals surface area contributed by atoms with Crippen molar-refractivity contribution in [2.24, 2.45) is 5.73 Å². The summed E-state index contributed by atoms with van der Waals surface area (Å²) in [6.07, 6.45) is 11.2. The van der Waals surface area contributed by atoms with Gasteiger partial charge in [0.25, 0.3) is 0 Å². The van der Waals surface area contributed by atoms with Crippen molar-refractivity contribution in [3.63, 3.8) is 0 Å². The first-order valence-corrected chi connectivity index (χ1v) is 9.33. The molecule has 4 nitrogen and oxygen atoms in total. The van der Waals surface area contributed by atoms with Crippen molar-refractivity contribution in [2.45, 2.75) is 71.3 Å². The fraction of sp³-hybridized carbons (Fsp3) is 0.550. The van der Waals surface area contributed by atoms with Crippen molar-refractivity contribution in [3.05, 3.63) is 30.5 Å². The maximum atomic E-state index is 12.2. The molecule has 2 amide bonds. The second kappa shape index (κ2) is 9.36. The molecule has 132 valence electrons. The molecule has 1 atom stereocenters. The van der Waals surface area contributed by atoms with E-state index < -0.39 is 0 Å². The predicted molar refractivity (Wildman–Crippen MR) is 102 cm³/mol. The third-order valence-corrected chi connectivity index (χ3v) is 4.68. The fourth-order valence-corrected chi connectivity index (χ4v) is 3.43. The largest absolute Gasteiger partial charge is 0.361 e. The van der Waals surface area contributed by atoms with Crippen LogP contribution in [0.2, 0.25) is 0 Å². The summed E-state index contributed by atoms with van der Waals surface area (Å²) in [5.74, 6) is 0. The van der Waals surface area contributed by atoms with E-state index in [1.54, 1.807) is 4.90 Å². The van der Waals surface area contributed by atoms with Crippen molar-refractivity contribution in [1.82, 2.24) is 4.98 Å². The van der Waals surface area contributed by atoms with Gasteiger partial charge in [0.1, 0.15) is 0 Å². The number of carbonyl (C=O) groups is 1. The average Bonchev–Trinajstić information content (AvgIpc) is 3.02. The van der Waals surface area contributed by atoms with E-state index in [4.69, 9.17) is 5.73 Å². The van der Waals surface area contributed by atoms with Crippen LogP contribution in [0.4, 0.5) is 10.5 Å². The number of anilines is 1. The molecule has 0 spiro atoms. The number of hydrogen-bond donors (Lipinski definition) is 2. The molecule has 0 aliphatic rings. The van der Waals surface area contributed by atoms with Crippen molar-refractivity contribution < 1.29 is 4.79 Å². The molecule has 1 aromatic carbocycles. The van der Waals surface area contributed by atoms with Gasteiger partial charge in [-0.1, -0.05) is 52.4 Å². The lowest BCUT2D eigenvalue weighted by atomic mass is 10.0. The maximum absolute atomic E-state index is 12.2. The van der Waals surface area contributed by atoms with Gasteiger partial charge in [-0.3, -0.25) is 4.90 Å². The standard InChI is InChI=1S/C20H31N3O/c1-3-5-6-7-8-10-17(9-4-2)23(20(21)24)18-11-12-19-16(15-18)13-14-22-19/h11-15,17,22H,3-10H2,1-2H3,(H2,21,24). The van der Waals surface area contributed by atoms with Crippen LogP contribution in [0.25, 0.3) is 10.9 Å². The van der Waals surface area contributed by atoms with Crippen molar-refractivity contribution in [3.8, 4) is 0 Å². The molecule has 0 saturated heterocycles. The Balaban J connectivity index is 2.13. The van der Waals surface area contributed by atoms with E-state index >= 15 is 0 Å². The highest BCUT2D eigenvalue weighted by molar-refractivity contribution is 5.94. The summed E-state index contributed by atoms with van der Waals surface area (Å²) in [6.45, 7) is 4.39.